The Labute approximate surface area is 153 Å². The fourth-order valence-corrected chi connectivity index (χ4v) is 3.65. The van der Waals surface area contributed by atoms with Crippen molar-refractivity contribution in [2.75, 3.05) is 6.54 Å². The molecule has 1 aromatic heterocycles. The minimum Gasteiger partial charge on any atom is -0.288 e. The lowest BCUT2D eigenvalue weighted by molar-refractivity contribution is 0.103. The Hall–Kier alpha value is -2.23. The van der Waals surface area contributed by atoms with Crippen molar-refractivity contribution >= 4 is 38.2 Å². The summed E-state index contributed by atoms with van der Waals surface area (Å²) in [4.78, 5) is 16.8. The van der Waals surface area contributed by atoms with Gasteiger partial charge < -0.3 is 0 Å². The quantitative estimate of drug-likeness (QED) is 0.366. The normalized spacial score (nSPS) is 11.3. The largest absolute Gasteiger partial charge is 0.288 e. The second-order valence-corrected chi connectivity index (χ2v) is 7.28. The van der Waals surface area contributed by atoms with Crippen LogP contribution in [0.1, 0.15) is 27.9 Å². The van der Waals surface area contributed by atoms with Crippen molar-refractivity contribution in [2.45, 2.75) is 12.8 Å². The van der Waals surface area contributed by atoms with E-state index in [0.29, 0.717) is 0 Å². The number of carbonyl (C=O) groups is 1. The average Bonchev–Trinajstić information content (AvgIpc) is 3.08. The number of benzene rings is 2. The number of hydrogen-bond acceptors (Lipinski definition) is 5. The zero-order valence-corrected chi connectivity index (χ0v) is 15.1. The third-order valence-electron chi connectivity index (χ3n) is 3.81. The number of ketones is 1. The number of thiol groups is 1. The Morgan fingerprint density at radius 1 is 1.19 bits per heavy atom. The molecule has 0 saturated heterocycles. The van der Waals surface area contributed by atoms with E-state index in [4.69, 9.17) is 0 Å². The van der Waals surface area contributed by atoms with E-state index in [2.05, 4.69) is 9.71 Å². The van der Waals surface area contributed by atoms with Crippen LogP contribution < -0.4 is 4.72 Å². The molecular formula is C17H14F2N2O3S2. The monoisotopic (exact) mass is 396 g/mol. The number of nitrogens with zero attached hydrogens (tertiary/aromatic N) is 1. The molecule has 0 fully saturated rings. The molecule has 0 aliphatic rings. The van der Waals surface area contributed by atoms with E-state index in [1.165, 1.54) is 17.4 Å². The van der Waals surface area contributed by atoms with Gasteiger partial charge >= 0.3 is 0 Å². The maximum absolute atomic E-state index is 14.7. The summed E-state index contributed by atoms with van der Waals surface area (Å²) >= 11 is 1.35. The van der Waals surface area contributed by atoms with Crippen molar-refractivity contribution in [3.8, 4) is 0 Å². The lowest BCUT2D eigenvalue weighted by Gasteiger charge is -2.09. The molecule has 1 N–H and O–H groups in total. The molecule has 0 atom stereocenters. The highest BCUT2D eigenvalue weighted by atomic mass is 32.2. The molecule has 9 heteroatoms. The summed E-state index contributed by atoms with van der Waals surface area (Å²) in [5, 5.41) is 0. The van der Waals surface area contributed by atoms with E-state index in [1.807, 2.05) is 0 Å². The Morgan fingerprint density at radius 3 is 2.77 bits per heavy atom. The second kappa shape index (κ2) is 7.98. The van der Waals surface area contributed by atoms with Crippen molar-refractivity contribution in [2.24, 2.45) is 0 Å². The van der Waals surface area contributed by atoms with Gasteiger partial charge in [-0.1, -0.05) is 0 Å². The van der Waals surface area contributed by atoms with E-state index < -0.39 is 28.3 Å². The molecule has 2 aromatic carbocycles. The number of nitrogens with one attached hydrogen (secondary N) is 1. The lowest BCUT2D eigenvalue weighted by Crippen LogP contribution is -2.14. The van der Waals surface area contributed by atoms with Crippen molar-refractivity contribution in [3.05, 3.63) is 64.2 Å². The van der Waals surface area contributed by atoms with Crippen molar-refractivity contribution in [3.63, 3.8) is 0 Å². The predicted molar refractivity (Wildman–Crippen MR) is 96.0 cm³/mol. The van der Waals surface area contributed by atoms with Crippen molar-refractivity contribution < 1.29 is 22.0 Å². The van der Waals surface area contributed by atoms with Crippen molar-refractivity contribution in [1.29, 1.82) is 0 Å². The highest BCUT2D eigenvalue weighted by molar-refractivity contribution is 7.70. The first-order valence-electron chi connectivity index (χ1n) is 7.69. The van der Waals surface area contributed by atoms with Gasteiger partial charge in [0.15, 0.2) is 5.78 Å². The Balaban J connectivity index is 1.87. The lowest BCUT2D eigenvalue weighted by atomic mass is 9.98. The van der Waals surface area contributed by atoms with Crippen LogP contribution in [0.15, 0.2) is 35.8 Å². The highest BCUT2D eigenvalue weighted by Crippen LogP contribution is 2.24. The Bertz CT molecular complexity index is 1040. The maximum atomic E-state index is 14.7. The molecule has 0 unspecified atom stereocenters. The summed E-state index contributed by atoms with van der Waals surface area (Å²) in [5.74, 6) is -2.11. The van der Waals surface area contributed by atoms with E-state index >= 15 is 0 Å². The average molecular weight is 396 g/mol. The molecule has 0 radical (unpaired) electrons. The van der Waals surface area contributed by atoms with Gasteiger partial charge in [0, 0.05) is 12.1 Å². The van der Waals surface area contributed by atoms with Gasteiger partial charge in [-0.25, -0.2) is 26.9 Å². The number of aryl methyl sites for hydroxylation is 1. The van der Waals surface area contributed by atoms with Gasteiger partial charge in [0.05, 0.1) is 21.3 Å². The number of thiazole rings is 1. The third-order valence-corrected chi connectivity index (χ3v) is 5.09. The molecule has 0 spiro atoms. The van der Waals surface area contributed by atoms with Crippen LogP contribution in [0.2, 0.25) is 0 Å². The van der Waals surface area contributed by atoms with Gasteiger partial charge in [-0.05, 0) is 48.7 Å². The number of fused-ring (bicyclic) bond motifs is 1. The Kier molecular flexibility index (Phi) is 5.70. The first-order valence-corrected chi connectivity index (χ1v) is 9.75. The summed E-state index contributed by atoms with van der Waals surface area (Å²) in [7, 11) is -2.73. The van der Waals surface area contributed by atoms with Crippen LogP contribution in [-0.2, 0) is 17.3 Å². The fraction of sp³-hybridized carbons (Fsp3) is 0.176. The number of hydrogen-bond donors (Lipinski definition) is 2. The first kappa shape index (κ1) is 18.6. The molecular weight excluding hydrogens is 382 g/mol. The minimum absolute atomic E-state index is 0.0372. The number of halogens is 2. The molecule has 5 nitrogen and oxygen atoms in total. The van der Waals surface area contributed by atoms with Crippen LogP contribution >= 0.6 is 11.3 Å². The highest BCUT2D eigenvalue weighted by Gasteiger charge is 2.19. The maximum Gasteiger partial charge on any atom is 0.201 e. The number of rotatable bonds is 7. The molecule has 0 aliphatic heterocycles. The molecule has 136 valence electrons. The Morgan fingerprint density at radius 2 is 2.00 bits per heavy atom. The molecule has 3 rings (SSSR count). The molecule has 0 saturated carbocycles. The van der Waals surface area contributed by atoms with Crippen LogP contribution in [0.3, 0.4) is 0 Å². The zero-order valence-electron chi connectivity index (χ0n) is 13.4. The van der Waals surface area contributed by atoms with Gasteiger partial charge in [0.1, 0.15) is 11.6 Å². The van der Waals surface area contributed by atoms with Crippen molar-refractivity contribution in [1.82, 2.24) is 9.71 Å². The molecule has 0 bridgehead atoms. The fourth-order valence-electron chi connectivity index (χ4n) is 2.59. The SMILES string of the molecule is O=C(c1ccc2ncsc2c1)c1cc(F)cc(CCCN[SH](=O)=O)c1F. The molecule has 1 heterocycles. The molecule has 0 amide bonds. The van der Waals surface area contributed by atoms with E-state index in [9.17, 15) is 22.0 Å². The third kappa shape index (κ3) is 4.12. The van der Waals surface area contributed by atoms with Crippen LogP contribution in [0.25, 0.3) is 10.2 Å². The van der Waals surface area contributed by atoms with Crippen LogP contribution in [0.4, 0.5) is 8.78 Å². The van der Waals surface area contributed by atoms with Crippen LogP contribution in [0.5, 0.6) is 0 Å². The summed E-state index contributed by atoms with van der Waals surface area (Å²) < 4.78 is 52.5. The minimum atomic E-state index is -2.73. The molecule has 0 aliphatic carbocycles. The molecule has 26 heavy (non-hydrogen) atoms. The topological polar surface area (TPSA) is 76.1 Å². The number of aromatic nitrogens is 1. The van der Waals surface area contributed by atoms with Crippen LogP contribution in [0, 0.1) is 11.6 Å². The van der Waals surface area contributed by atoms with E-state index in [0.717, 1.165) is 22.3 Å². The summed E-state index contributed by atoms with van der Waals surface area (Å²) in [6.45, 7) is 0.111. The van der Waals surface area contributed by atoms with Gasteiger partial charge in [-0.3, -0.25) is 4.79 Å². The van der Waals surface area contributed by atoms with Gasteiger partial charge in [0.2, 0.25) is 10.9 Å². The first-order chi connectivity index (χ1) is 12.5. The van der Waals surface area contributed by atoms with E-state index in [1.54, 1.807) is 17.6 Å². The zero-order chi connectivity index (χ0) is 18.7. The van der Waals surface area contributed by atoms with Gasteiger partial charge in [-0.2, -0.15) is 0 Å². The standard InChI is InChI=1S/C17H14F2N2O3S2/c18-12-6-10(2-1-5-21-26(23)24)16(19)13(8-12)17(22)11-3-4-14-15(7-11)25-9-20-14/h3-4,6-9,26H,1-2,5H2,(H,21,23,24). The second-order valence-electron chi connectivity index (χ2n) is 5.56. The summed E-state index contributed by atoms with van der Waals surface area (Å²) in [6.07, 6.45) is 0.387. The van der Waals surface area contributed by atoms with Gasteiger partial charge in [-0.15, -0.1) is 11.3 Å². The van der Waals surface area contributed by atoms with Crippen LogP contribution in [-0.4, -0.2) is 25.7 Å². The van der Waals surface area contributed by atoms with E-state index in [-0.39, 0.29) is 36.1 Å². The number of carbonyl (C=O) groups excluding carboxylic acids is 1. The smallest absolute Gasteiger partial charge is 0.201 e. The summed E-state index contributed by atoms with van der Waals surface area (Å²) in [5.41, 5.74) is 2.32. The molecule has 3 aromatic rings. The predicted octanol–water partition coefficient (Wildman–Crippen LogP) is 2.85. The summed E-state index contributed by atoms with van der Waals surface area (Å²) in [6, 6.07) is 6.70. The van der Waals surface area contributed by atoms with Gasteiger partial charge in [0.25, 0.3) is 0 Å².